The summed E-state index contributed by atoms with van der Waals surface area (Å²) >= 11 is 1.96. The van der Waals surface area contributed by atoms with Gasteiger partial charge in [0.25, 0.3) is 0 Å². The molecular formula is C14H20OS. The van der Waals surface area contributed by atoms with Gasteiger partial charge in [0.2, 0.25) is 0 Å². The van der Waals surface area contributed by atoms with E-state index in [0.29, 0.717) is 0 Å². The van der Waals surface area contributed by atoms with Crippen LogP contribution in [0.15, 0.2) is 29.2 Å². The monoisotopic (exact) mass is 236 g/mol. The van der Waals surface area contributed by atoms with E-state index < -0.39 is 0 Å². The molecule has 0 heterocycles. The van der Waals surface area contributed by atoms with Crippen LogP contribution in [-0.4, -0.2) is 10.4 Å². The van der Waals surface area contributed by atoms with Gasteiger partial charge in [0.05, 0.1) is 6.10 Å². The largest absolute Gasteiger partial charge is 0.389 e. The third-order valence-electron chi connectivity index (χ3n) is 3.21. The summed E-state index contributed by atoms with van der Waals surface area (Å²) in [4.78, 5) is 1.27. The highest BCUT2D eigenvalue weighted by molar-refractivity contribution is 8.00. The number of rotatable bonds is 3. The topological polar surface area (TPSA) is 20.2 Å². The quantitative estimate of drug-likeness (QED) is 0.850. The third kappa shape index (κ3) is 3.02. The molecule has 1 aromatic carbocycles. The second-order valence-electron chi connectivity index (χ2n) is 4.59. The number of aliphatic hydroxyl groups is 1. The van der Waals surface area contributed by atoms with Crippen molar-refractivity contribution in [1.29, 1.82) is 0 Å². The molecule has 1 nitrogen and oxygen atoms in total. The van der Waals surface area contributed by atoms with Gasteiger partial charge in [0.1, 0.15) is 0 Å². The molecule has 0 spiro atoms. The molecule has 1 N–H and O–H groups in total. The van der Waals surface area contributed by atoms with Crippen LogP contribution in [0.4, 0.5) is 0 Å². The Kier molecular flexibility index (Phi) is 4.30. The minimum absolute atomic E-state index is 0.354. The van der Waals surface area contributed by atoms with Crippen LogP contribution in [-0.2, 0) is 0 Å². The molecule has 0 aliphatic heterocycles. The van der Waals surface area contributed by atoms with Crippen molar-refractivity contribution in [1.82, 2.24) is 0 Å². The Hall–Kier alpha value is -0.470. The van der Waals surface area contributed by atoms with Crippen LogP contribution in [0, 0.1) is 0 Å². The summed E-state index contributed by atoms with van der Waals surface area (Å²) in [5.41, 5.74) is 1.08. The standard InChI is InChI=1S/C14H20OS/c1-11(15)13-9-5-6-10-14(13)16-12-7-3-2-4-8-12/h5-6,9-12,15H,2-4,7-8H2,1H3/t11-/m1/s1. The number of hydrogen-bond donors (Lipinski definition) is 1. The second kappa shape index (κ2) is 5.74. The summed E-state index contributed by atoms with van der Waals surface area (Å²) in [7, 11) is 0. The lowest BCUT2D eigenvalue weighted by Gasteiger charge is -2.22. The van der Waals surface area contributed by atoms with Crippen LogP contribution in [0.3, 0.4) is 0 Å². The molecule has 0 amide bonds. The van der Waals surface area contributed by atoms with Crippen molar-refractivity contribution < 1.29 is 5.11 Å². The average Bonchev–Trinajstić information content (AvgIpc) is 2.31. The van der Waals surface area contributed by atoms with E-state index in [9.17, 15) is 5.11 Å². The van der Waals surface area contributed by atoms with Crippen LogP contribution >= 0.6 is 11.8 Å². The van der Waals surface area contributed by atoms with E-state index in [2.05, 4.69) is 12.1 Å². The second-order valence-corrected chi connectivity index (χ2v) is 5.93. The normalized spacial score (nSPS) is 19.6. The number of thioether (sulfide) groups is 1. The van der Waals surface area contributed by atoms with Crippen molar-refractivity contribution in [3.8, 4) is 0 Å². The lowest BCUT2D eigenvalue weighted by atomic mass is 10.0. The number of benzene rings is 1. The van der Waals surface area contributed by atoms with E-state index in [1.807, 2.05) is 30.8 Å². The molecule has 1 aliphatic rings. The lowest BCUT2D eigenvalue weighted by molar-refractivity contribution is 0.196. The smallest absolute Gasteiger partial charge is 0.0772 e. The fraction of sp³-hybridized carbons (Fsp3) is 0.571. The molecule has 1 saturated carbocycles. The highest BCUT2D eigenvalue weighted by Crippen LogP contribution is 2.36. The lowest BCUT2D eigenvalue weighted by Crippen LogP contribution is -2.08. The molecule has 1 aromatic rings. The van der Waals surface area contributed by atoms with Gasteiger partial charge in [-0.1, -0.05) is 37.5 Å². The molecule has 1 atom stereocenters. The predicted octanol–water partition coefficient (Wildman–Crippen LogP) is 4.16. The maximum Gasteiger partial charge on any atom is 0.0772 e. The fourth-order valence-electron chi connectivity index (χ4n) is 2.30. The molecule has 1 fully saturated rings. The SMILES string of the molecule is C[C@@H](O)c1ccccc1SC1CCCCC1. The Morgan fingerprint density at radius 1 is 1.19 bits per heavy atom. The first kappa shape index (κ1) is 12.0. The van der Waals surface area contributed by atoms with Crippen molar-refractivity contribution in [2.24, 2.45) is 0 Å². The first-order chi connectivity index (χ1) is 7.77. The zero-order chi connectivity index (χ0) is 11.4. The first-order valence-corrected chi connectivity index (χ1v) is 7.09. The third-order valence-corrected chi connectivity index (χ3v) is 4.65. The maximum atomic E-state index is 9.72. The van der Waals surface area contributed by atoms with Crippen molar-refractivity contribution in [2.75, 3.05) is 0 Å². The van der Waals surface area contributed by atoms with Crippen molar-refractivity contribution >= 4 is 11.8 Å². The molecule has 0 bridgehead atoms. The zero-order valence-corrected chi connectivity index (χ0v) is 10.7. The van der Waals surface area contributed by atoms with Gasteiger partial charge in [0, 0.05) is 10.1 Å². The van der Waals surface area contributed by atoms with E-state index in [1.165, 1.54) is 37.0 Å². The van der Waals surface area contributed by atoms with Crippen molar-refractivity contribution in [3.05, 3.63) is 29.8 Å². The van der Waals surface area contributed by atoms with Crippen LogP contribution in [0.2, 0.25) is 0 Å². The van der Waals surface area contributed by atoms with Gasteiger partial charge in [-0.25, -0.2) is 0 Å². The van der Waals surface area contributed by atoms with E-state index in [-0.39, 0.29) is 6.10 Å². The fourth-order valence-corrected chi connectivity index (χ4v) is 3.76. The zero-order valence-electron chi connectivity index (χ0n) is 9.86. The van der Waals surface area contributed by atoms with E-state index in [4.69, 9.17) is 0 Å². The summed E-state index contributed by atoms with van der Waals surface area (Å²) in [5.74, 6) is 0. The molecule has 0 radical (unpaired) electrons. The highest BCUT2D eigenvalue weighted by atomic mass is 32.2. The summed E-state index contributed by atoms with van der Waals surface area (Å²) in [6.07, 6.45) is 6.45. The van der Waals surface area contributed by atoms with Gasteiger partial charge < -0.3 is 5.11 Å². The van der Waals surface area contributed by atoms with Gasteiger partial charge in [-0.05, 0) is 31.4 Å². The molecule has 0 saturated heterocycles. The van der Waals surface area contributed by atoms with E-state index >= 15 is 0 Å². The van der Waals surface area contributed by atoms with Crippen LogP contribution < -0.4 is 0 Å². The van der Waals surface area contributed by atoms with E-state index in [1.54, 1.807) is 0 Å². The summed E-state index contributed by atoms with van der Waals surface area (Å²) in [6, 6.07) is 8.25. The minimum Gasteiger partial charge on any atom is -0.389 e. The first-order valence-electron chi connectivity index (χ1n) is 6.21. The Morgan fingerprint density at radius 3 is 2.56 bits per heavy atom. The van der Waals surface area contributed by atoms with Crippen LogP contribution in [0.1, 0.15) is 50.7 Å². The predicted molar refractivity (Wildman–Crippen MR) is 69.8 cm³/mol. The van der Waals surface area contributed by atoms with Gasteiger partial charge >= 0.3 is 0 Å². The molecule has 1 aliphatic carbocycles. The minimum atomic E-state index is -0.354. The Balaban J connectivity index is 2.07. The molecule has 2 rings (SSSR count). The Bertz CT molecular complexity index is 329. The molecule has 16 heavy (non-hydrogen) atoms. The van der Waals surface area contributed by atoms with Crippen molar-refractivity contribution in [3.63, 3.8) is 0 Å². The summed E-state index contributed by atoms with van der Waals surface area (Å²) < 4.78 is 0. The average molecular weight is 236 g/mol. The van der Waals surface area contributed by atoms with Crippen LogP contribution in [0.5, 0.6) is 0 Å². The van der Waals surface area contributed by atoms with Gasteiger partial charge in [-0.2, -0.15) is 0 Å². The summed E-state index contributed by atoms with van der Waals surface area (Å²) in [6.45, 7) is 1.85. The Morgan fingerprint density at radius 2 is 1.88 bits per heavy atom. The van der Waals surface area contributed by atoms with Crippen LogP contribution in [0.25, 0.3) is 0 Å². The van der Waals surface area contributed by atoms with Crippen molar-refractivity contribution in [2.45, 2.75) is 55.3 Å². The molecule has 2 heteroatoms. The Labute approximate surface area is 102 Å². The molecule has 88 valence electrons. The molecule has 0 aromatic heterocycles. The summed E-state index contributed by atoms with van der Waals surface area (Å²) in [5, 5.41) is 10.5. The van der Waals surface area contributed by atoms with Gasteiger partial charge in [-0.3, -0.25) is 0 Å². The molecular weight excluding hydrogens is 216 g/mol. The molecule has 0 unspecified atom stereocenters. The number of hydrogen-bond acceptors (Lipinski definition) is 2. The van der Waals surface area contributed by atoms with Gasteiger partial charge in [0.15, 0.2) is 0 Å². The number of aliphatic hydroxyl groups excluding tert-OH is 1. The van der Waals surface area contributed by atoms with E-state index in [0.717, 1.165) is 10.8 Å². The maximum absolute atomic E-state index is 9.72. The van der Waals surface area contributed by atoms with Gasteiger partial charge in [-0.15, -0.1) is 11.8 Å². The highest BCUT2D eigenvalue weighted by Gasteiger charge is 2.17.